The van der Waals surface area contributed by atoms with Gasteiger partial charge in [0.1, 0.15) is 0 Å². The van der Waals surface area contributed by atoms with Gasteiger partial charge in [-0.25, -0.2) is 4.79 Å². The summed E-state index contributed by atoms with van der Waals surface area (Å²) in [5.74, 6) is -1.15. The van der Waals surface area contributed by atoms with Crippen LogP contribution in [0.2, 0.25) is 0 Å². The Hall–Kier alpha value is -2.41. The number of carbonyl (C=O) groups excluding carboxylic acids is 2. The number of rotatable bonds is 6. The van der Waals surface area contributed by atoms with Crippen molar-refractivity contribution in [2.45, 2.75) is 25.9 Å². The van der Waals surface area contributed by atoms with Crippen LogP contribution in [0.15, 0.2) is 24.3 Å². The summed E-state index contributed by atoms with van der Waals surface area (Å²) in [6.45, 7) is 3.18. The van der Waals surface area contributed by atoms with Crippen molar-refractivity contribution in [2.75, 3.05) is 26.2 Å². The minimum atomic E-state index is -0.986. The lowest BCUT2D eigenvalue weighted by molar-refractivity contribution is -0.138. The highest BCUT2D eigenvalue weighted by molar-refractivity contribution is 5.89. The zero-order valence-corrected chi connectivity index (χ0v) is 13.7. The van der Waals surface area contributed by atoms with Crippen LogP contribution in [0.5, 0.6) is 0 Å². The highest BCUT2D eigenvalue weighted by atomic mass is 16.5. The number of nitrogens with one attached hydrogen (secondary N) is 1. The number of ether oxygens (including phenoxy) is 1. The molecule has 7 heteroatoms. The molecule has 0 aliphatic carbocycles. The van der Waals surface area contributed by atoms with E-state index in [2.05, 4.69) is 5.32 Å². The van der Waals surface area contributed by atoms with E-state index < -0.39 is 5.97 Å². The molecule has 24 heavy (non-hydrogen) atoms. The van der Waals surface area contributed by atoms with Gasteiger partial charge in [0.2, 0.25) is 11.8 Å². The first-order valence-corrected chi connectivity index (χ1v) is 7.92. The van der Waals surface area contributed by atoms with Crippen molar-refractivity contribution in [2.24, 2.45) is 0 Å². The van der Waals surface area contributed by atoms with Gasteiger partial charge < -0.3 is 20.1 Å². The Morgan fingerprint density at radius 3 is 2.79 bits per heavy atom. The fraction of sp³-hybridized carbons (Fsp3) is 0.471. The Kier molecular flexibility index (Phi) is 6.31. The van der Waals surface area contributed by atoms with E-state index in [4.69, 9.17) is 4.74 Å². The molecule has 130 valence electrons. The number of nitrogens with zero attached hydrogens (tertiary/aromatic N) is 1. The summed E-state index contributed by atoms with van der Waals surface area (Å²) >= 11 is 0. The van der Waals surface area contributed by atoms with Gasteiger partial charge in [0.05, 0.1) is 18.3 Å². The van der Waals surface area contributed by atoms with Gasteiger partial charge in [0.25, 0.3) is 0 Å². The predicted molar refractivity (Wildman–Crippen MR) is 86.7 cm³/mol. The number of carbonyl (C=O) groups is 3. The van der Waals surface area contributed by atoms with Crippen LogP contribution in [0.4, 0.5) is 0 Å². The molecule has 1 atom stereocenters. The lowest BCUT2D eigenvalue weighted by Crippen LogP contribution is -2.49. The second-order valence-corrected chi connectivity index (χ2v) is 5.73. The van der Waals surface area contributed by atoms with Crippen molar-refractivity contribution >= 4 is 17.8 Å². The van der Waals surface area contributed by atoms with Crippen LogP contribution in [-0.2, 0) is 20.7 Å². The molecule has 1 aliphatic rings. The maximum atomic E-state index is 12.4. The molecular weight excluding hydrogens is 312 g/mol. The molecule has 1 saturated heterocycles. The van der Waals surface area contributed by atoms with Crippen molar-refractivity contribution in [3.63, 3.8) is 0 Å². The van der Waals surface area contributed by atoms with Crippen molar-refractivity contribution in [3.05, 3.63) is 35.4 Å². The van der Waals surface area contributed by atoms with Gasteiger partial charge in [-0.3, -0.25) is 9.59 Å². The molecule has 2 rings (SSSR count). The van der Waals surface area contributed by atoms with Gasteiger partial charge in [0, 0.05) is 33.0 Å². The van der Waals surface area contributed by atoms with Crippen molar-refractivity contribution in [3.8, 4) is 0 Å². The smallest absolute Gasteiger partial charge is 0.335 e. The Balaban J connectivity index is 1.88. The average molecular weight is 334 g/mol. The molecule has 0 radical (unpaired) electrons. The van der Waals surface area contributed by atoms with E-state index in [0.717, 1.165) is 0 Å². The Morgan fingerprint density at radius 1 is 1.33 bits per heavy atom. The summed E-state index contributed by atoms with van der Waals surface area (Å²) in [5, 5.41) is 11.9. The average Bonchev–Trinajstić information content (AvgIpc) is 2.58. The molecule has 7 nitrogen and oxygen atoms in total. The number of benzene rings is 1. The Labute approximate surface area is 140 Å². The van der Waals surface area contributed by atoms with Crippen LogP contribution < -0.4 is 5.32 Å². The van der Waals surface area contributed by atoms with E-state index in [1.807, 2.05) is 0 Å². The number of carboxylic acid groups (broad SMARTS) is 1. The standard InChI is InChI=1S/C17H22N2O5/c1-12(20)18-10-14-11-19(8-9-24-14)16(21)7-6-13-4-2-3-5-15(13)17(22)23/h2-5,14H,6-11H2,1H3,(H,18,20)(H,22,23). The minimum Gasteiger partial charge on any atom is -0.478 e. The third kappa shape index (κ3) is 5.06. The zero-order chi connectivity index (χ0) is 17.5. The molecule has 1 aromatic rings. The molecule has 1 unspecified atom stereocenters. The van der Waals surface area contributed by atoms with E-state index in [1.54, 1.807) is 29.2 Å². The van der Waals surface area contributed by atoms with E-state index in [0.29, 0.717) is 38.2 Å². The molecular formula is C17H22N2O5. The number of hydrogen-bond acceptors (Lipinski definition) is 4. The molecule has 0 aromatic heterocycles. The van der Waals surface area contributed by atoms with Crippen LogP contribution in [0.25, 0.3) is 0 Å². The summed E-state index contributed by atoms with van der Waals surface area (Å²) in [4.78, 5) is 36.2. The summed E-state index contributed by atoms with van der Waals surface area (Å²) in [6, 6.07) is 6.71. The highest BCUT2D eigenvalue weighted by Crippen LogP contribution is 2.13. The van der Waals surface area contributed by atoms with Gasteiger partial charge in [0.15, 0.2) is 0 Å². The number of morpholine rings is 1. The van der Waals surface area contributed by atoms with Gasteiger partial charge in [-0.05, 0) is 18.1 Å². The second-order valence-electron chi connectivity index (χ2n) is 5.73. The lowest BCUT2D eigenvalue weighted by Gasteiger charge is -2.33. The van der Waals surface area contributed by atoms with Gasteiger partial charge in [-0.15, -0.1) is 0 Å². The van der Waals surface area contributed by atoms with Crippen molar-refractivity contribution in [1.29, 1.82) is 0 Å². The fourth-order valence-electron chi connectivity index (χ4n) is 2.67. The van der Waals surface area contributed by atoms with Crippen LogP contribution in [-0.4, -0.2) is 60.1 Å². The lowest BCUT2D eigenvalue weighted by atomic mass is 10.0. The molecule has 0 bridgehead atoms. The molecule has 0 saturated carbocycles. The zero-order valence-electron chi connectivity index (χ0n) is 13.7. The molecule has 1 fully saturated rings. The van der Waals surface area contributed by atoms with Crippen LogP contribution in [0.1, 0.15) is 29.3 Å². The largest absolute Gasteiger partial charge is 0.478 e. The fourth-order valence-corrected chi connectivity index (χ4v) is 2.67. The van der Waals surface area contributed by atoms with Crippen LogP contribution in [0, 0.1) is 0 Å². The first kappa shape index (κ1) is 17.9. The Morgan fingerprint density at radius 2 is 2.08 bits per heavy atom. The molecule has 1 aromatic carbocycles. The summed E-state index contributed by atoms with van der Waals surface area (Å²) in [5.41, 5.74) is 0.886. The number of hydrogen-bond donors (Lipinski definition) is 2. The van der Waals surface area contributed by atoms with Gasteiger partial charge >= 0.3 is 5.97 Å². The highest BCUT2D eigenvalue weighted by Gasteiger charge is 2.24. The summed E-state index contributed by atoms with van der Waals surface area (Å²) in [7, 11) is 0. The third-order valence-electron chi connectivity index (χ3n) is 3.93. The summed E-state index contributed by atoms with van der Waals surface area (Å²) < 4.78 is 5.54. The van der Waals surface area contributed by atoms with Crippen molar-refractivity contribution in [1.82, 2.24) is 10.2 Å². The van der Waals surface area contributed by atoms with E-state index in [1.165, 1.54) is 6.92 Å². The number of amides is 2. The maximum absolute atomic E-state index is 12.4. The molecule has 0 spiro atoms. The maximum Gasteiger partial charge on any atom is 0.335 e. The predicted octanol–water partition coefficient (Wildman–Crippen LogP) is 0.681. The number of aromatic carboxylic acids is 1. The van der Waals surface area contributed by atoms with E-state index >= 15 is 0 Å². The monoisotopic (exact) mass is 334 g/mol. The number of aryl methyl sites for hydroxylation is 1. The van der Waals surface area contributed by atoms with E-state index in [9.17, 15) is 19.5 Å². The molecule has 2 amide bonds. The second kappa shape index (κ2) is 8.44. The van der Waals surface area contributed by atoms with Gasteiger partial charge in [-0.2, -0.15) is 0 Å². The van der Waals surface area contributed by atoms with Crippen LogP contribution >= 0.6 is 0 Å². The van der Waals surface area contributed by atoms with E-state index in [-0.39, 0.29) is 29.9 Å². The van der Waals surface area contributed by atoms with Crippen molar-refractivity contribution < 1.29 is 24.2 Å². The van der Waals surface area contributed by atoms with Gasteiger partial charge in [-0.1, -0.05) is 18.2 Å². The molecule has 2 N–H and O–H groups in total. The number of carboxylic acids is 1. The SMILES string of the molecule is CC(=O)NCC1CN(C(=O)CCc2ccccc2C(=O)O)CCO1. The summed E-state index contributed by atoms with van der Waals surface area (Å²) in [6.07, 6.45) is 0.421. The third-order valence-corrected chi connectivity index (χ3v) is 3.93. The topological polar surface area (TPSA) is 95.9 Å². The normalized spacial score (nSPS) is 17.4. The molecule has 1 heterocycles. The first-order valence-electron chi connectivity index (χ1n) is 7.92. The minimum absolute atomic E-state index is 0.0358. The quantitative estimate of drug-likeness (QED) is 0.797. The van der Waals surface area contributed by atoms with Crippen LogP contribution in [0.3, 0.4) is 0 Å². The first-order chi connectivity index (χ1) is 11.5. The Bertz CT molecular complexity index is 617. The molecule has 1 aliphatic heterocycles.